The molecule has 4 amide bonds. The Balaban J connectivity index is 1.12. The van der Waals surface area contributed by atoms with Crippen molar-refractivity contribution in [2.75, 3.05) is 26.7 Å². The lowest BCUT2D eigenvalue weighted by Crippen LogP contribution is -2.59. The molecule has 0 unspecified atom stereocenters. The number of fused-ring (bicyclic) bond motifs is 2. The summed E-state index contributed by atoms with van der Waals surface area (Å²) < 4.78 is 72.3. The lowest BCUT2D eigenvalue weighted by atomic mass is 9.90. The first-order chi connectivity index (χ1) is 22.1. The molecule has 15 heteroatoms. The van der Waals surface area contributed by atoms with Crippen LogP contribution < -0.4 is 5.32 Å². The molecule has 3 aromatic rings. The Hall–Kier alpha value is -4.66. The number of carbonyl (C=O) groups excluding carboxylic acids is 4. The number of alkyl halides is 4. The van der Waals surface area contributed by atoms with Gasteiger partial charge in [-0.05, 0) is 54.8 Å². The van der Waals surface area contributed by atoms with E-state index in [1.807, 2.05) is 11.9 Å². The molecule has 1 N–H and O–H groups in total. The summed E-state index contributed by atoms with van der Waals surface area (Å²) in [4.78, 5) is 56.7. The number of carbonyl (C=O) groups is 4. The fourth-order valence-corrected chi connectivity index (χ4v) is 7.04. The molecular formula is C32H29F5N6O4. The van der Waals surface area contributed by atoms with Crippen molar-refractivity contribution in [1.82, 2.24) is 29.8 Å². The predicted molar refractivity (Wildman–Crippen MR) is 155 cm³/mol. The Bertz CT molecular complexity index is 1810. The van der Waals surface area contributed by atoms with Gasteiger partial charge in [-0.1, -0.05) is 24.3 Å². The second-order valence-electron chi connectivity index (χ2n) is 13.0. The van der Waals surface area contributed by atoms with Gasteiger partial charge in [0.2, 0.25) is 5.91 Å². The standard InChI is InChI=1S/C32H29F5N6O4/c1-40-16-29(34,17-40)18-41-14-21(12-38-41)20-4-7-24-23(10-20)25(44)11-31(24)27(46)42(28(47)39-31)15-26(45)43(30(8-9-30)32(35,36)37)13-19-2-5-22(33)6-3-19/h2-7,10,12,14H,8-9,11,13,15-18H2,1H3,(H,39,47)/t31-/m0/s1. The van der Waals surface area contributed by atoms with E-state index >= 15 is 0 Å². The number of hydrogen-bond donors (Lipinski definition) is 1. The minimum Gasteiger partial charge on any atom is -0.322 e. The van der Waals surface area contributed by atoms with Crippen molar-refractivity contribution < 1.29 is 41.1 Å². The van der Waals surface area contributed by atoms with Gasteiger partial charge >= 0.3 is 12.2 Å². The maximum atomic E-state index is 14.8. The number of rotatable bonds is 8. The second kappa shape index (κ2) is 10.4. The van der Waals surface area contributed by atoms with E-state index in [1.165, 1.54) is 29.1 Å². The zero-order valence-electron chi connectivity index (χ0n) is 25.1. The van der Waals surface area contributed by atoms with E-state index in [0.29, 0.717) is 20.9 Å². The lowest BCUT2D eigenvalue weighted by Gasteiger charge is -2.41. The van der Waals surface area contributed by atoms with Crippen LogP contribution >= 0.6 is 0 Å². The number of ketones is 1. The molecule has 246 valence electrons. The van der Waals surface area contributed by atoms with Crippen LogP contribution in [0.4, 0.5) is 26.7 Å². The van der Waals surface area contributed by atoms with Gasteiger partial charge in [0.25, 0.3) is 5.91 Å². The normalized spacial score (nSPS) is 22.8. The Morgan fingerprint density at radius 3 is 2.38 bits per heavy atom. The molecule has 0 radical (unpaired) electrons. The Labute approximate surface area is 265 Å². The number of aromatic nitrogens is 2. The number of hydrogen-bond acceptors (Lipinski definition) is 6. The molecular weight excluding hydrogens is 627 g/mol. The average molecular weight is 657 g/mol. The van der Waals surface area contributed by atoms with Crippen molar-refractivity contribution in [3.63, 3.8) is 0 Å². The molecule has 1 spiro atoms. The number of amides is 4. The topological polar surface area (TPSA) is 108 Å². The smallest absolute Gasteiger partial charge is 0.322 e. The molecule has 1 aromatic heterocycles. The first-order valence-corrected chi connectivity index (χ1v) is 15.0. The largest absolute Gasteiger partial charge is 0.411 e. The van der Waals surface area contributed by atoms with Crippen LogP contribution in [0.25, 0.3) is 11.1 Å². The van der Waals surface area contributed by atoms with Crippen LogP contribution in [0.5, 0.6) is 0 Å². The number of nitrogens with one attached hydrogen (secondary N) is 1. The van der Waals surface area contributed by atoms with Gasteiger partial charge in [-0.15, -0.1) is 0 Å². The second-order valence-corrected chi connectivity index (χ2v) is 13.0. The molecule has 0 bridgehead atoms. The van der Waals surface area contributed by atoms with Crippen LogP contribution in [0.3, 0.4) is 0 Å². The third-order valence-corrected chi connectivity index (χ3v) is 9.52. The molecule has 7 rings (SSSR count). The average Bonchev–Trinajstić information content (AvgIpc) is 3.54. The van der Waals surface area contributed by atoms with Gasteiger partial charge in [0.1, 0.15) is 17.9 Å². The lowest BCUT2D eigenvalue weighted by molar-refractivity contribution is -0.202. The van der Waals surface area contributed by atoms with Gasteiger partial charge in [0.05, 0.1) is 12.7 Å². The van der Waals surface area contributed by atoms with Crippen LogP contribution in [-0.2, 0) is 28.2 Å². The van der Waals surface area contributed by atoms with Crippen molar-refractivity contribution >= 4 is 23.6 Å². The number of urea groups is 1. The summed E-state index contributed by atoms with van der Waals surface area (Å²) in [5.74, 6) is -3.11. The number of benzene rings is 2. The van der Waals surface area contributed by atoms with Crippen molar-refractivity contribution in [1.29, 1.82) is 0 Å². The van der Waals surface area contributed by atoms with Crippen molar-refractivity contribution in [2.24, 2.45) is 0 Å². The van der Waals surface area contributed by atoms with E-state index in [2.05, 4.69) is 10.4 Å². The summed E-state index contributed by atoms with van der Waals surface area (Å²) in [6.07, 6.45) is -2.76. The number of Topliss-reactive ketones (excluding diaryl/α,β-unsaturated/α-hetero) is 1. The minimum absolute atomic E-state index is 0.0603. The van der Waals surface area contributed by atoms with Gasteiger partial charge in [-0.3, -0.25) is 28.9 Å². The first kappa shape index (κ1) is 31.0. The fraction of sp³-hybridized carbons (Fsp3) is 0.406. The van der Waals surface area contributed by atoms with Crippen LogP contribution in [0.1, 0.15) is 40.7 Å². The van der Waals surface area contributed by atoms with Gasteiger partial charge in [0.15, 0.2) is 17.0 Å². The zero-order valence-corrected chi connectivity index (χ0v) is 25.1. The highest BCUT2D eigenvalue weighted by Gasteiger charge is 2.68. The molecule has 3 heterocycles. The molecule has 10 nitrogen and oxygen atoms in total. The van der Waals surface area contributed by atoms with E-state index in [4.69, 9.17) is 0 Å². The van der Waals surface area contributed by atoms with Crippen LogP contribution in [0.2, 0.25) is 0 Å². The quantitative estimate of drug-likeness (QED) is 0.292. The molecule has 47 heavy (non-hydrogen) atoms. The summed E-state index contributed by atoms with van der Waals surface area (Å²) in [6, 6.07) is 8.31. The van der Waals surface area contributed by atoms with Gasteiger partial charge in [-0.25, -0.2) is 13.6 Å². The number of halogens is 5. The van der Waals surface area contributed by atoms with Gasteiger partial charge in [0, 0.05) is 43.4 Å². The summed E-state index contributed by atoms with van der Waals surface area (Å²) in [7, 11) is 1.82. The van der Waals surface area contributed by atoms with Crippen molar-refractivity contribution in [2.45, 2.75) is 55.3 Å². The molecule has 2 saturated heterocycles. The fourth-order valence-electron chi connectivity index (χ4n) is 7.04. The summed E-state index contributed by atoms with van der Waals surface area (Å²) in [6.45, 7) is -0.870. The van der Waals surface area contributed by atoms with E-state index in [-0.39, 0.29) is 49.2 Å². The zero-order chi connectivity index (χ0) is 33.5. The third-order valence-electron chi connectivity index (χ3n) is 9.52. The molecule has 3 fully saturated rings. The molecule has 4 aliphatic rings. The molecule has 2 aromatic carbocycles. The van der Waals surface area contributed by atoms with Crippen LogP contribution in [0, 0.1) is 5.82 Å². The maximum Gasteiger partial charge on any atom is 0.411 e. The summed E-state index contributed by atoms with van der Waals surface area (Å²) in [5, 5.41) is 6.77. The Kier molecular flexibility index (Phi) is 6.87. The molecule has 2 aliphatic carbocycles. The maximum absolute atomic E-state index is 14.8. The molecule has 1 atom stereocenters. The number of imide groups is 1. The highest BCUT2D eigenvalue weighted by molar-refractivity contribution is 6.17. The first-order valence-electron chi connectivity index (χ1n) is 15.0. The third kappa shape index (κ3) is 5.07. The number of likely N-dealkylation sites (tertiary alicyclic amines) is 1. The summed E-state index contributed by atoms with van der Waals surface area (Å²) in [5.41, 5.74) is -3.93. The molecule has 1 saturated carbocycles. The van der Waals surface area contributed by atoms with Crippen molar-refractivity contribution in [3.8, 4) is 11.1 Å². The predicted octanol–water partition coefficient (Wildman–Crippen LogP) is 3.80. The van der Waals surface area contributed by atoms with E-state index < -0.39 is 71.9 Å². The summed E-state index contributed by atoms with van der Waals surface area (Å²) >= 11 is 0. The van der Waals surface area contributed by atoms with E-state index in [0.717, 1.165) is 12.1 Å². The highest BCUT2D eigenvalue weighted by Crippen LogP contribution is 2.54. The van der Waals surface area contributed by atoms with Crippen LogP contribution in [-0.4, -0.2) is 92.2 Å². The highest BCUT2D eigenvalue weighted by atomic mass is 19.4. The van der Waals surface area contributed by atoms with E-state index in [9.17, 15) is 41.1 Å². The van der Waals surface area contributed by atoms with E-state index in [1.54, 1.807) is 18.3 Å². The van der Waals surface area contributed by atoms with Gasteiger partial charge in [-0.2, -0.15) is 18.3 Å². The number of nitrogens with zero attached hydrogens (tertiary/aromatic N) is 5. The monoisotopic (exact) mass is 656 g/mol. The Morgan fingerprint density at radius 1 is 1.04 bits per heavy atom. The van der Waals surface area contributed by atoms with Crippen LogP contribution in [0.15, 0.2) is 54.9 Å². The van der Waals surface area contributed by atoms with Gasteiger partial charge < -0.3 is 10.2 Å². The molecule has 2 aliphatic heterocycles. The Morgan fingerprint density at radius 2 is 1.74 bits per heavy atom. The SMILES string of the molecule is CN1CC(F)(Cn2cc(-c3ccc4c(c3)C(=O)C[C@]43NC(=O)N(CC(=O)N(Cc4ccc(F)cc4)C4(C(F)(F)F)CC4)C3=O)cn2)C1. The minimum atomic E-state index is -4.78. The van der Waals surface area contributed by atoms with Crippen molar-refractivity contribution in [3.05, 3.63) is 77.4 Å².